The minimum absolute atomic E-state index is 0.149. The van der Waals surface area contributed by atoms with Gasteiger partial charge in [-0.3, -0.25) is 4.99 Å². The molecule has 4 rings (SSSR count). The number of aliphatic carboxylic acids is 1. The molecule has 0 radical (unpaired) electrons. The maximum Gasteiger partial charge on any atom is 0.341 e. The summed E-state index contributed by atoms with van der Waals surface area (Å²) in [4.78, 5) is 19.6. The molecule has 7 nitrogen and oxygen atoms in total. The molecule has 0 saturated heterocycles. The van der Waals surface area contributed by atoms with Crippen molar-refractivity contribution in [2.24, 2.45) is 4.99 Å². The first-order chi connectivity index (χ1) is 16.5. The van der Waals surface area contributed by atoms with Crippen LogP contribution in [-0.2, 0) is 11.2 Å². The van der Waals surface area contributed by atoms with Gasteiger partial charge in [0, 0.05) is 39.7 Å². The van der Waals surface area contributed by atoms with Crippen LogP contribution in [0.4, 0.5) is 0 Å². The number of carboxylic acid groups (broad SMARTS) is 1. The van der Waals surface area contributed by atoms with Crippen molar-refractivity contribution < 1.29 is 24.5 Å². The first-order valence-electron chi connectivity index (χ1n) is 10.9. The van der Waals surface area contributed by atoms with Crippen LogP contribution < -0.4 is 9.47 Å². The summed E-state index contributed by atoms with van der Waals surface area (Å²) in [5, 5.41) is 22.2. The Balaban J connectivity index is 1.34. The number of aliphatic hydroxyl groups excluding tert-OH is 1. The fourth-order valence-electron chi connectivity index (χ4n) is 3.60. The molecule has 8 heteroatoms. The molecule has 4 aromatic rings. The standard InChI is InChI=1S/C26H26N2O5S/c1-17(11-18-13-28-23-9-8-20(12-22(18)23)32-16-26(30)31)27-14-19(29)15-33-24-6-3-2-5-21(24)25-7-4-10-34-25/h2-10,12-13,19,28-29H,11,14-16H2,1H3,(H,30,31)/t19-/m0/s1. The Hall–Kier alpha value is -3.62. The second kappa shape index (κ2) is 11.0. The van der Waals surface area contributed by atoms with Crippen molar-refractivity contribution in [3.8, 4) is 21.9 Å². The molecule has 2 aromatic heterocycles. The molecule has 0 aliphatic carbocycles. The van der Waals surface area contributed by atoms with Gasteiger partial charge in [0.05, 0.1) is 6.54 Å². The molecule has 34 heavy (non-hydrogen) atoms. The first kappa shape index (κ1) is 23.5. The minimum Gasteiger partial charge on any atom is -0.490 e. The van der Waals surface area contributed by atoms with Crippen molar-refractivity contribution in [3.05, 3.63) is 71.7 Å². The monoisotopic (exact) mass is 478 g/mol. The van der Waals surface area contributed by atoms with E-state index in [1.165, 1.54) is 0 Å². The van der Waals surface area contributed by atoms with Crippen LogP contribution in [0.5, 0.6) is 11.5 Å². The molecule has 0 bridgehead atoms. The number of carboxylic acids is 1. The van der Waals surface area contributed by atoms with Gasteiger partial charge >= 0.3 is 5.97 Å². The predicted octanol–water partition coefficient (Wildman–Crippen LogP) is 4.80. The third kappa shape index (κ3) is 6.03. The molecule has 0 saturated carbocycles. The van der Waals surface area contributed by atoms with Crippen LogP contribution in [0.2, 0.25) is 0 Å². The highest BCUT2D eigenvalue weighted by molar-refractivity contribution is 7.13. The Labute approximate surface area is 201 Å². The van der Waals surface area contributed by atoms with E-state index < -0.39 is 12.1 Å². The quantitative estimate of drug-likeness (QED) is 0.269. The molecule has 0 fully saturated rings. The molecule has 2 aromatic carbocycles. The topological polar surface area (TPSA) is 104 Å². The lowest BCUT2D eigenvalue weighted by molar-refractivity contribution is -0.139. The normalized spacial score (nSPS) is 12.6. The molecule has 0 amide bonds. The van der Waals surface area contributed by atoms with Crippen LogP contribution in [-0.4, -0.2) is 52.7 Å². The largest absolute Gasteiger partial charge is 0.490 e. The SMILES string of the molecule is CC(Cc1c[nH]c2ccc(OCC(=O)O)cc12)=NC[C@H](O)COc1ccccc1-c1cccs1. The van der Waals surface area contributed by atoms with E-state index in [0.29, 0.717) is 12.2 Å². The molecule has 0 spiro atoms. The molecule has 0 unspecified atom stereocenters. The summed E-state index contributed by atoms with van der Waals surface area (Å²) in [6.07, 6.45) is 1.77. The summed E-state index contributed by atoms with van der Waals surface area (Å²) in [5.41, 5.74) is 3.84. The lowest BCUT2D eigenvalue weighted by Crippen LogP contribution is -2.21. The lowest BCUT2D eigenvalue weighted by atomic mass is 10.1. The zero-order chi connectivity index (χ0) is 23.9. The number of benzene rings is 2. The molecule has 3 N–H and O–H groups in total. The van der Waals surface area contributed by atoms with Crippen LogP contribution >= 0.6 is 11.3 Å². The number of H-pyrrole nitrogens is 1. The number of hydrogen-bond donors (Lipinski definition) is 3. The first-order valence-corrected chi connectivity index (χ1v) is 11.8. The molecule has 2 heterocycles. The number of aromatic amines is 1. The predicted molar refractivity (Wildman–Crippen MR) is 134 cm³/mol. The zero-order valence-corrected chi connectivity index (χ0v) is 19.5. The van der Waals surface area contributed by atoms with Crippen molar-refractivity contribution in [1.29, 1.82) is 0 Å². The number of nitrogens with one attached hydrogen (secondary N) is 1. The molecule has 1 atom stereocenters. The second-order valence-corrected chi connectivity index (χ2v) is 8.84. The van der Waals surface area contributed by atoms with Crippen molar-refractivity contribution in [3.63, 3.8) is 0 Å². The highest BCUT2D eigenvalue weighted by Gasteiger charge is 2.11. The van der Waals surface area contributed by atoms with E-state index >= 15 is 0 Å². The number of aromatic nitrogens is 1. The molecule has 176 valence electrons. The van der Waals surface area contributed by atoms with Crippen molar-refractivity contribution in [2.75, 3.05) is 19.8 Å². The van der Waals surface area contributed by atoms with Crippen LogP contribution in [0.25, 0.3) is 21.3 Å². The minimum atomic E-state index is -1.02. The van der Waals surface area contributed by atoms with Gasteiger partial charge in [-0.1, -0.05) is 18.2 Å². The Kier molecular flexibility index (Phi) is 7.61. The number of rotatable bonds is 11. The van der Waals surface area contributed by atoms with Gasteiger partial charge in [0.15, 0.2) is 6.61 Å². The summed E-state index contributed by atoms with van der Waals surface area (Å²) in [5.74, 6) is 0.222. The fraction of sp³-hybridized carbons (Fsp3) is 0.231. The van der Waals surface area contributed by atoms with E-state index in [9.17, 15) is 9.90 Å². The summed E-state index contributed by atoms with van der Waals surface area (Å²) in [6.45, 7) is 1.92. The highest BCUT2D eigenvalue weighted by Crippen LogP contribution is 2.33. The number of nitrogens with zero attached hydrogens (tertiary/aromatic N) is 1. The number of ether oxygens (including phenoxy) is 2. The second-order valence-electron chi connectivity index (χ2n) is 7.89. The third-order valence-electron chi connectivity index (χ3n) is 5.22. The summed E-state index contributed by atoms with van der Waals surface area (Å²) < 4.78 is 11.2. The highest BCUT2D eigenvalue weighted by atomic mass is 32.1. The van der Waals surface area contributed by atoms with Gasteiger partial charge in [-0.05, 0) is 54.3 Å². The van der Waals surface area contributed by atoms with E-state index in [2.05, 4.69) is 9.98 Å². The average molecular weight is 479 g/mol. The number of thiophene rings is 1. The van der Waals surface area contributed by atoms with Gasteiger partial charge in [-0.15, -0.1) is 11.3 Å². The Morgan fingerprint density at radius 3 is 2.79 bits per heavy atom. The molecular weight excluding hydrogens is 452 g/mol. The van der Waals surface area contributed by atoms with Gasteiger partial charge in [0.25, 0.3) is 0 Å². The summed E-state index contributed by atoms with van der Waals surface area (Å²) >= 11 is 1.64. The summed E-state index contributed by atoms with van der Waals surface area (Å²) in [6, 6.07) is 17.3. The number of para-hydroxylation sites is 1. The number of hydrogen-bond acceptors (Lipinski definition) is 6. The van der Waals surface area contributed by atoms with E-state index in [0.717, 1.165) is 38.4 Å². The van der Waals surface area contributed by atoms with E-state index in [4.69, 9.17) is 14.6 Å². The third-order valence-corrected chi connectivity index (χ3v) is 6.13. The molecular formula is C26H26N2O5S. The van der Waals surface area contributed by atoms with Gasteiger partial charge in [-0.25, -0.2) is 4.79 Å². The smallest absolute Gasteiger partial charge is 0.341 e. The molecule has 0 aliphatic heterocycles. The summed E-state index contributed by atoms with van der Waals surface area (Å²) in [7, 11) is 0. The van der Waals surface area contributed by atoms with E-state index in [1.54, 1.807) is 17.4 Å². The maximum atomic E-state index is 10.7. The van der Waals surface area contributed by atoms with Crippen molar-refractivity contribution in [2.45, 2.75) is 19.4 Å². The molecule has 0 aliphatic rings. The number of aliphatic imine (C=N–C) groups is 1. The fourth-order valence-corrected chi connectivity index (χ4v) is 4.35. The van der Waals surface area contributed by atoms with Gasteiger partial charge < -0.3 is 24.7 Å². The van der Waals surface area contributed by atoms with Gasteiger partial charge in [-0.2, -0.15) is 0 Å². The van der Waals surface area contributed by atoms with Gasteiger partial charge in [0.2, 0.25) is 0 Å². The van der Waals surface area contributed by atoms with Gasteiger partial charge in [0.1, 0.15) is 24.2 Å². The van der Waals surface area contributed by atoms with E-state index in [1.807, 2.05) is 67.0 Å². The number of aliphatic hydroxyl groups is 1. The Morgan fingerprint density at radius 1 is 1.15 bits per heavy atom. The average Bonchev–Trinajstić information content (AvgIpc) is 3.51. The lowest BCUT2D eigenvalue weighted by Gasteiger charge is -2.13. The van der Waals surface area contributed by atoms with Crippen molar-refractivity contribution >= 4 is 33.9 Å². The van der Waals surface area contributed by atoms with Crippen LogP contribution in [0, 0.1) is 0 Å². The van der Waals surface area contributed by atoms with Crippen LogP contribution in [0.1, 0.15) is 12.5 Å². The van der Waals surface area contributed by atoms with Crippen molar-refractivity contribution in [1.82, 2.24) is 4.98 Å². The van der Waals surface area contributed by atoms with Crippen LogP contribution in [0.15, 0.2) is 71.2 Å². The van der Waals surface area contributed by atoms with E-state index in [-0.39, 0.29) is 19.8 Å². The number of carbonyl (C=O) groups is 1. The Morgan fingerprint density at radius 2 is 2.00 bits per heavy atom. The number of fused-ring (bicyclic) bond motifs is 1. The maximum absolute atomic E-state index is 10.7. The Bertz CT molecular complexity index is 1280. The van der Waals surface area contributed by atoms with Crippen LogP contribution in [0.3, 0.4) is 0 Å². The zero-order valence-electron chi connectivity index (χ0n) is 18.7.